The van der Waals surface area contributed by atoms with Gasteiger partial charge in [0.2, 0.25) is 6.33 Å². The lowest BCUT2D eigenvalue weighted by molar-refractivity contribution is -0.893. The highest BCUT2D eigenvalue weighted by atomic mass is 16.3. The second kappa shape index (κ2) is 12.0. The summed E-state index contributed by atoms with van der Waals surface area (Å²) in [4.78, 5) is 2.46. The van der Waals surface area contributed by atoms with Gasteiger partial charge in [-0.15, -0.1) is 0 Å². The Hall–Kier alpha value is -4.37. The quantitative estimate of drug-likeness (QED) is 0.0452. The van der Waals surface area contributed by atoms with Crippen LogP contribution in [0.4, 0.5) is 39.8 Å². The molecule has 0 amide bonds. The predicted molar refractivity (Wildman–Crippen MR) is 169 cm³/mol. The van der Waals surface area contributed by atoms with Crippen molar-refractivity contribution >= 4 is 39.8 Å². The number of hydrogen-bond donors (Lipinski definition) is 5. The van der Waals surface area contributed by atoms with Crippen LogP contribution in [-0.2, 0) is 13.6 Å². The number of nitrogens with two attached hydrogens (primary N) is 1. The summed E-state index contributed by atoms with van der Waals surface area (Å²) in [5.41, 5.74) is 12.2. The number of imidazole rings is 1. The van der Waals surface area contributed by atoms with Gasteiger partial charge in [0.15, 0.2) is 0 Å². The average molecular weight is 557 g/mol. The second-order valence-electron chi connectivity index (χ2n) is 11.9. The molecule has 9 nitrogen and oxygen atoms in total. The van der Waals surface area contributed by atoms with Crippen molar-refractivity contribution in [3.05, 3.63) is 79.4 Å². The fourth-order valence-electron chi connectivity index (χ4n) is 5.29. The minimum atomic E-state index is 0.102. The third-order valence-corrected chi connectivity index (χ3v) is 7.85. The second-order valence-corrected chi connectivity index (χ2v) is 11.9. The molecule has 9 heteroatoms. The Labute approximate surface area is 243 Å². The number of hydrogen-bond acceptors (Lipinski definition) is 6. The first kappa shape index (κ1) is 28.2. The molecule has 41 heavy (non-hydrogen) atoms. The number of nitrogens with zero attached hydrogens (tertiary/aromatic N) is 4. The topological polar surface area (TPSA) is 94.4 Å². The lowest BCUT2D eigenvalue weighted by Gasteiger charge is -2.31. The van der Waals surface area contributed by atoms with Gasteiger partial charge in [-0.1, -0.05) is 0 Å². The first-order valence-corrected chi connectivity index (χ1v) is 14.3. The van der Waals surface area contributed by atoms with Crippen molar-refractivity contribution in [1.82, 2.24) is 4.57 Å². The molecule has 216 valence electrons. The molecule has 1 fully saturated rings. The summed E-state index contributed by atoms with van der Waals surface area (Å²) < 4.78 is 5.22. The lowest BCUT2D eigenvalue weighted by Crippen LogP contribution is -2.46. The van der Waals surface area contributed by atoms with Crippen LogP contribution in [0.2, 0.25) is 0 Å². The van der Waals surface area contributed by atoms with Crippen LogP contribution in [0.25, 0.3) is 0 Å². The minimum Gasteiger partial charge on any atom is -0.506 e. The molecule has 0 saturated carbocycles. The van der Waals surface area contributed by atoms with E-state index in [0.717, 1.165) is 59.8 Å². The zero-order valence-corrected chi connectivity index (χ0v) is 24.6. The maximum absolute atomic E-state index is 10.6. The van der Waals surface area contributed by atoms with Gasteiger partial charge in [-0.3, -0.25) is 0 Å². The van der Waals surface area contributed by atoms with Gasteiger partial charge in [0.1, 0.15) is 24.2 Å². The number of nitrogen functional groups attached to an aromatic ring is 1. The highest BCUT2D eigenvalue weighted by Crippen LogP contribution is 2.36. The molecule has 1 atom stereocenters. The minimum absolute atomic E-state index is 0.102. The van der Waals surface area contributed by atoms with E-state index in [-0.39, 0.29) is 5.75 Å². The summed E-state index contributed by atoms with van der Waals surface area (Å²) in [6, 6.07) is 20.6. The van der Waals surface area contributed by atoms with Crippen molar-refractivity contribution in [2.75, 3.05) is 67.4 Å². The zero-order chi connectivity index (χ0) is 29.0. The normalized spacial score (nSPS) is 15.2. The fraction of sp³-hybridized carbons (Fsp3) is 0.344. The molecule has 4 aromatic rings. The van der Waals surface area contributed by atoms with Crippen molar-refractivity contribution in [3.63, 3.8) is 0 Å². The van der Waals surface area contributed by atoms with Gasteiger partial charge < -0.3 is 36.2 Å². The van der Waals surface area contributed by atoms with Crippen LogP contribution in [0.5, 0.6) is 5.75 Å². The van der Waals surface area contributed by atoms with Crippen LogP contribution in [0.1, 0.15) is 12.8 Å². The Kier molecular flexibility index (Phi) is 8.26. The van der Waals surface area contributed by atoms with Crippen molar-refractivity contribution in [3.8, 4) is 5.75 Å². The van der Waals surface area contributed by atoms with Gasteiger partial charge in [-0.2, -0.15) is 0 Å². The van der Waals surface area contributed by atoms with Crippen molar-refractivity contribution in [2.24, 2.45) is 7.05 Å². The molecule has 0 radical (unpaired) electrons. The summed E-state index contributed by atoms with van der Waals surface area (Å²) >= 11 is 0. The number of rotatable bonds is 11. The number of phenols is 1. The third kappa shape index (κ3) is 7.24. The van der Waals surface area contributed by atoms with Crippen molar-refractivity contribution in [2.45, 2.75) is 25.4 Å². The number of aryl methyl sites for hydroxylation is 2. The number of likely N-dealkylation sites (N-methyl/N-ethyl adjacent to an activating group) is 1. The Morgan fingerprint density at radius 2 is 1.61 bits per heavy atom. The molecule has 1 aliphatic rings. The smallest absolute Gasteiger partial charge is 0.243 e. The molecule has 1 aliphatic heterocycles. The van der Waals surface area contributed by atoms with Gasteiger partial charge in [0.05, 0.1) is 58.3 Å². The molecule has 0 spiro atoms. The highest BCUT2D eigenvalue weighted by molar-refractivity contribution is 5.82. The SMILES string of the molecule is C[n+]1ccn(CCCNc2ccc(Nc3cc(Nc4ccc(N5CCC([N+](C)(C)C)C5)cc4)c(N)cc3O)cc2)c1. The van der Waals surface area contributed by atoms with Gasteiger partial charge in [-0.25, -0.2) is 9.13 Å². The van der Waals surface area contributed by atoms with Crippen LogP contribution in [0.3, 0.4) is 0 Å². The van der Waals surface area contributed by atoms with Crippen LogP contribution in [-0.4, -0.2) is 61.0 Å². The largest absolute Gasteiger partial charge is 0.506 e. The van der Waals surface area contributed by atoms with E-state index in [2.05, 4.69) is 83.4 Å². The molecule has 1 saturated heterocycles. The summed E-state index contributed by atoms with van der Waals surface area (Å²) in [5.74, 6) is 0.102. The molecule has 0 aliphatic carbocycles. The lowest BCUT2D eigenvalue weighted by atomic mass is 10.2. The number of aromatic hydroxyl groups is 1. The number of nitrogens with one attached hydrogen (secondary N) is 3. The molecule has 3 aromatic carbocycles. The van der Waals surface area contributed by atoms with Crippen molar-refractivity contribution in [1.29, 1.82) is 0 Å². The molecule has 1 aromatic heterocycles. The first-order chi connectivity index (χ1) is 19.6. The first-order valence-electron chi connectivity index (χ1n) is 14.3. The highest BCUT2D eigenvalue weighted by Gasteiger charge is 2.32. The molecule has 2 heterocycles. The van der Waals surface area contributed by atoms with E-state index in [4.69, 9.17) is 5.73 Å². The number of aromatic nitrogens is 2. The summed E-state index contributed by atoms with van der Waals surface area (Å²) in [6.45, 7) is 4.01. The van der Waals surface area contributed by atoms with Gasteiger partial charge >= 0.3 is 0 Å². The Morgan fingerprint density at radius 1 is 0.951 bits per heavy atom. The van der Waals surface area contributed by atoms with E-state index in [1.54, 1.807) is 6.07 Å². The Morgan fingerprint density at radius 3 is 2.24 bits per heavy atom. The van der Waals surface area contributed by atoms with E-state index in [0.29, 0.717) is 17.4 Å². The molecular formula is C32H44N8O+2. The third-order valence-electron chi connectivity index (χ3n) is 7.85. The maximum atomic E-state index is 10.6. The number of phenolic OH excluding ortho intramolecular Hbond substituents is 1. The van der Waals surface area contributed by atoms with Crippen molar-refractivity contribution < 1.29 is 14.2 Å². The summed E-state index contributed by atoms with van der Waals surface area (Å²) in [7, 11) is 8.84. The monoisotopic (exact) mass is 556 g/mol. The maximum Gasteiger partial charge on any atom is 0.243 e. The molecule has 6 N–H and O–H groups in total. The molecule has 1 unspecified atom stereocenters. The number of benzene rings is 3. The fourth-order valence-corrected chi connectivity index (χ4v) is 5.29. The van der Waals surface area contributed by atoms with E-state index in [1.807, 2.05) is 48.1 Å². The van der Waals surface area contributed by atoms with Crippen LogP contribution in [0, 0.1) is 0 Å². The number of anilines is 7. The zero-order valence-electron chi connectivity index (χ0n) is 24.6. The molecular weight excluding hydrogens is 512 g/mol. The number of quaternary nitrogens is 1. The van der Waals surface area contributed by atoms with Crippen LogP contribution in [0.15, 0.2) is 79.4 Å². The van der Waals surface area contributed by atoms with E-state index in [9.17, 15) is 5.11 Å². The average Bonchev–Trinajstić information content (AvgIpc) is 3.60. The van der Waals surface area contributed by atoms with Gasteiger partial charge in [0, 0.05) is 54.7 Å². The van der Waals surface area contributed by atoms with E-state index in [1.165, 1.54) is 12.1 Å². The molecule has 0 bridgehead atoms. The van der Waals surface area contributed by atoms with Crippen LogP contribution < -0.4 is 31.2 Å². The predicted octanol–water partition coefficient (Wildman–Crippen LogP) is 4.87. The van der Waals surface area contributed by atoms with Crippen LogP contribution >= 0.6 is 0 Å². The standard InChI is InChI=1S/C32H43N8O/c1-37-18-19-38(23-37)16-5-15-34-24-6-8-25(9-7-24)36-31-21-30(29(33)20-32(31)41)35-26-10-12-27(13-11-26)39-17-14-28(22-39)40(2,3)4/h6-13,18-21,23,28,34-36H,5,14-17,22,33H2,1-4H3/q+1/p+1. The Balaban J connectivity index is 1.17. The van der Waals surface area contributed by atoms with Gasteiger partial charge in [-0.05, 0) is 54.6 Å². The van der Waals surface area contributed by atoms with E-state index >= 15 is 0 Å². The van der Waals surface area contributed by atoms with E-state index < -0.39 is 0 Å². The van der Waals surface area contributed by atoms with Gasteiger partial charge in [0.25, 0.3) is 0 Å². The summed E-state index contributed by atoms with van der Waals surface area (Å²) in [5, 5.41) is 20.8. The molecule has 5 rings (SSSR count). The summed E-state index contributed by atoms with van der Waals surface area (Å²) in [6.07, 6.45) is 8.45. The Bertz CT molecular complexity index is 1440.